The quantitative estimate of drug-likeness (QED) is 0.550. The Hall–Kier alpha value is -2.74. The minimum absolute atomic E-state index is 0.0336. The normalized spacial score (nSPS) is 14.6. The van der Waals surface area contributed by atoms with E-state index in [0.29, 0.717) is 41.8 Å². The van der Waals surface area contributed by atoms with Gasteiger partial charge in [0, 0.05) is 23.7 Å². The van der Waals surface area contributed by atoms with Crippen LogP contribution in [0.1, 0.15) is 63.1 Å². The molecule has 3 aromatic rings. The number of aryl methyl sites for hydroxylation is 1. The zero-order chi connectivity index (χ0) is 21.8. The first-order valence-corrected chi connectivity index (χ1v) is 12.0. The van der Waals surface area contributed by atoms with Crippen LogP contribution in [0.15, 0.2) is 28.4 Å². The van der Waals surface area contributed by atoms with Crippen molar-refractivity contribution in [2.45, 2.75) is 65.2 Å². The standard InChI is InChI=1S/C23H29N5O2S/c1-3-17-15(2)24-23(26-22(17)30)28-20(14-18(27-28)19-10-7-13-31-19)25-21(29)12-11-16-8-5-4-6-9-16/h7,10,13-14,16H,3-6,8-9,11-12H2,1-2H3,(H,25,29)(H,24,26,30). The first kappa shape index (κ1) is 21.5. The van der Waals surface area contributed by atoms with Crippen molar-refractivity contribution in [3.05, 3.63) is 45.2 Å². The minimum Gasteiger partial charge on any atom is -0.310 e. The van der Waals surface area contributed by atoms with Crippen molar-refractivity contribution in [2.24, 2.45) is 5.92 Å². The number of nitrogens with zero attached hydrogens (tertiary/aromatic N) is 3. The predicted molar refractivity (Wildman–Crippen MR) is 124 cm³/mol. The molecule has 3 aromatic heterocycles. The van der Waals surface area contributed by atoms with E-state index in [1.165, 1.54) is 36.8 Å². The minimum atomic E-state index is -0.173. The van der Waals surface area contributed by atoms with Crippen molar-refractivity contribution in [3.8, 4) is 16.5 Å². The lowest BCUT2D eigenvalue weighted by Crippen LogP contribution is -2.22. The number of nitrogens with one attached hydrogen (secondary N) is 2. The van der Waals surface area contributed by atoms with Gasteiger partial charge in [-0.15, -0.1) is 11.3 Å². The van der Waals surface area contributed by atoms with Crippen LogP contribution in [0.25, 0.3) is 16.5 Å². The summed E-state index contributed by atoms with van der Waals surface area (Å²) in [6.45, 7) is 3.75. The lowest BCUT2D eigenvalue weighted by molar-refractivity contribution is -0.116. The van der Waals surface area contributed by atoms with Crippen molar-refractivity contribution in [1.29, 1.82) is 0 Å². The van der Waals surface area contributed by atoms with Crippen LogP contribution >= 0.6 is 11.3 Å². The summed E-state index contributed by atoms with van der Waals surface area (Å²) in [5.74, 6) is 1.44. The van der Waals surface area contributed by atoms with Gasteiger partial charge in [0.2, 0.25) is 11.9 Å². The van der Waals surface area contributed by atoms with Gasteiger partial charge in [-0.05, 0) is 37.1 Å². The SMILES string of the molecule is CCc1c(C)nc(-n2nc(-c3cccs3)cc2NC(=O)CCC2CCCCC2)[nH]c1=O. The van der Waals surface area contributed by atoms with Crippen molar-refractivity contribution < 1.29 is 4.79 Å². The average Bonchev–Trinajstić information content (AvgIpc) is 3.43. The Labute approximate surface area is 185 Å². The molecule has 0 spiro atoms. The number of carbonyl (C=O) groups is 1. The summed E-state index contributed by atoms with van der Waals surface area (Å²) in [6, 6.07) is 5.78. The van der Waals surface area contributed by atoms with E-state index in [0.717, 1.165) is 17.0 Å². The van der Waals surface area contributed by atoms with Crippen LogP contribution in [0, 0.1) is 12.8 Å². The Kier molecular flexibility index (Phi) is 6.65. The van der Waals surface area contributed by atoms with Crippen LogP contribution in [0.4, 0.5) is 5.82 Å². The molecule has 164 valence electrons. The molecule has 7 nitrogen and oxygen atoms in total. The summed E-state index contributed by atoms with van der Waals surface area (Å²) in [6.07, 6.45) is 8.32. The van der Waals surface area contributed by atoms with Gasteiger partial charge in [0.15, 0.2) is 0 Å². The second kappa shape index (κ2) is 9.60. The van der Waals surface area contributed by atoms with E-state index in [1.54, 1.807) is 11.3 Å². The summed E-state index contributed by atoms with van der Waals surface area (Å²) in [7, 11) is 0. The first-order valence-electron chi connectivity index (χ1n) is 11.1. The summed E-state index contributed by atoms with van der Waals surface area (Å²) in [4.78, 5) is 33.6. The third-order valence-corrected chi connectivity index (χ3v) is 6.91. The number of amides is 1. The zero-order valence-corrected chi connectivity index (χ0v) is 18.9. The van der Waals surface area contributed by atoms with Crippen LogP contribution in [0.3, 0.4) is 0 Å². The molecule has 1 amide bonds. The Bertz CT molecular complexity index is 1090. The molecule has 0 saturated heterocycles. The highest BCUT2D eigenvalue weighted by Crippen LogP contribution is 2.29. The molecule has 0 bridgehead atoms. The third kappa shape index (κ3) is 4.95. The van der Waals surface area contributed by atoms with E-state index in [4.69, 9.17) is 0 Å². The van der Waals surface area contributed by atoms with Crippen LogP contribution in [0.2, 0.25) is 0 Å². The molecule has 1 fully saturated rings. The van der Waals surface area contributed by atoms with Crippen molar-refractivity contribution >= 4 is 23.1 Å². The molecule has 0 atom stereocenters. The summed E-state index contributed by atoms with van der Waals surface area (Å²) < 4.78 is 1.53. The fraction of sp³-hybridized carbons (Fsp3) is 0.478. The number of rotatable bonds is 7. The van der Waals surface area contributed by atoms with Gasteiger partial charge in [-0.2, -0.15) is 9.78 Å². The van der Waals surface area contributed by atoms with Gasteiger partial charge in [0.1, 0.15) is 11.5 Å². The van der Waals surface area contributed by atoms with Gasteiger partial charge in [-0.1, -0.05) is 45.1 Å². The lowest BCUT2D eigenvalue weighted by atomic mass is 9.86. The predicted octanol–water partition coefficient (Wildman–Crippen LogP) is 4.85. The third-order valence-electron chi connectivity index (χ3n) is 6.02. The van der Waals surface area contributed by atoms with Crippen LogP contribution in [0.5, 0.6) is 0 Å². The maximum absolute atomic E-state index is 12.7. The number of hydrogen-bond donors (Lipinski definition) is 2. The number of anilines is 1. The summed E-state index contributed by atoms with van der Waals surface area (Å²) in [5.41, 5.74) is 1.89. The van der Waals surface area contributed by atoms with E-state index in [2.05, 4.69) is 20.4 Å². The Morgan fingerprint density at radius 1 is 1.32 bits per heavy atom. The molecular formula is C23H29N5O2S. The van der Waals surface area contributed by atoms with Crippen molar-refractivity contribution in [2.75, 3.05) is 5.32 Å². The molecule has 3 heterocycles. The molecule has 0 unspecified atom stereocenters. The largest absolute Gasteiger partial charge is 0.310 e. The van der Waals surface area contributed by atoms with Gasteiger partial charge in [0.05, 0.1) is 4.88 Å². The highest BCUT2D eigenvalue weighted by atomic mass is 32.1. The molecule has 1 aliphatic rings. The summed E-state index contributed by atoms with van der Waals surface area (Å²) in [5, 5.41) is 9.63. The fourth-order valence-electron chi connectivity index (χ4n) is 4.30. The van der Waals surface area contributed by atoms with Gasteiger partial charge in [-0.3, -0.25) is 14.6 Å². The number of H-pyrrole nitrogens is 1. The smallest absolute Gasteiger partial charge is 0.255 e. The van der Waals surface area contributed by atoms with Crippen LogP contribution in [-0.2, 0) is 11.2 Å². The van der Waals surface area contributed by atoms with E-state index in [1.807, 2.05) is 37.4 Å². The molecular weight excluding hydrogens is 410 g/mol. The number of aromatic nitrogens is 4. The number of aromatic amines is 1. The fourth-order valence-corrected chi connectivity index (χ4v) is 4.99. The molecule has 1 saturated carbocycles. The van der Waals surface area contributed by atoms with E-state index in [-0.39, 0.29) is 11.5 Å². The highest BCUT2D eigenvalue weighted by Gasteiger charge is 2.19. The Balaban J connectivity index is 1.60. The Morgan fingerprint density at radius 3 is 2.81 bits per heavy atom. The highest BCUT2D eigenvalue weighted by molar-refractivity contribution is 7.13. The molecule has 31 heavy (non-hydrogen) atoms. The monoisotopic (exact) mass is 439 g/mol. The van der Waals surface area contributed by atoms with Crippen molar-refractivity contribution in [1.82, 2.24) is 19.7 Å². The van der Waals surface area contributed by atoms with Gasteiger partial charge in [-0.25, -0.2) is 4.98 Å². The van der Waals surface area contributed by atoms with Crippen molar-refractivity contribution in [3.63, 3.8) is 0 Å². The van der Waals surface area contributed by atoms with E-state index in [9.17, 15) is 9.59 Å². The zero-order valence-electron chi connectivity index (χ0n) is 18.1. The second-order valence-electron chi connectivity index (χ2n) is 8.20. The average molecular weight is 440 g/mol. The first-order chi connectivity index (χ1) is 15.0. The number of thiophene rings is 1. The topological polar surface area (TPSA) is 92.7 Å². The van der Waals surface area contributed by atoms with Crippen LogP contribution < -0.4 is 10.9 Å². The van der Waals surface area contributed by atoms with Crippen LogP contribution in [-0.4, -0.2) is 25.7 Å². The molecule has 0 radical (unpaired) electrons. The molecule has 8 heteroatoms. The molecule has 0 aromatic carbocycles. The molecule has 4 rings (SSSR count). The Morgan fingerprint density at radius 2 is 2.13 bits per heavy atom. The molecule has 1 aliphatic carbocycles. The molecule has 2 N–H and O–H groups in total. The molecule has 0 aliphatic heterocycles. The second-order valence-corrected chi connectivity index (χ2v) is 9.15. The maximum atomic E-state index is 12.7. The number of hydrogen-bond acceptors (Lipinski definition) is 5. The van der Waals surface area contributed by atoms with E-state index >= 15 is 0 Å². The van der Waals surface area contributed by atoms with Gasteiger partial charge >= 0.3 is 0 Å². The lowest BCUT2D eigenvalue weighted by Gasteiger charge is -2.21. The van der Waals surface area contributed by atoms with E-state index < -0.39 is 0 Å². The number of carbonyl (C=O) groups excluding carboxylic acids is 1. The maximum Gasteiger partial charge on any atom is 0.255 e. The summed E-state index contributed by atoms with van der Waals surface area (Å²) >= 11 is 1.57. The van der Waals surface area contributed by atoms with Gasteiger partial charge in [0.25, 0.3) is 5.56 Å². The van der Waals surface area contributed by atoms with Gasteiger partial charge < -0.3 is 5.32 Å².